The third kappa shape index (κ3) is 4.13. The first-order valence-electron chi connectivity index (χ1n) is 6.39. The first-order valence-corrected chi connectivity index (χ1v) is 8.21. The van der Waals surface area contributed by atoms with E-state index < -0.39 is 39.5 Å². The Hall–Kier alpha value is -1.70. The third-order valence-electron chi connectivity index (χ3n) is 3.15. The van der Waals surface area contributed by atoms with E-state index in [0.29, 0.717) is 6.42 Å². The number of carbonyl (C=O) groups is 1. The van der Waals surface area contributed by atoms with E-state index >= 15 is 0 Å². The molecule has 1 saturated heterocycles. The van der Waals surface area contributed by atoms with Crippen LogP contribution < -0.4 is 10.1 Å². The molecule has 116 valence electrons. The molecule has 5 nitrogen and oxygen atoms in total. The second-order valence-electron chi connectivity index (χ2n) is 4.94. The second kappa shape index (κ2) is 5.97. The van der Waals surface area contributed by atoms with E-state index in [9.17, 15) is 22.0 Å². The number of ether oxygens (including phenoxy) is 1. The lowest BCUT2D eigenvalue weighted by molar-refractivity contribution is -0.127. The molecule has 2 rings (SSSR count). The number of rotatable bonds is 4. The molecule has 1 N–H and O–H groups in total. The molecule has 1 fully saturated rings. The molecule has 0 aromatic heterocycles. The molecule has 21 heavy (non-hydrogen) atoms. The number of benzene rings is 1. The van der Waals surface area contributed by atoms with Crippen LogP contribution in [0.2, 0.25) is 0 Å². The van der Waals surface area contributed by atoms with E-state index in [1.165, 1.54) is 13.0 Å². The number of carbonyl (C=O) groups excluding carboxylic acids is 1. The Morgan fingerprint density at radius 1 is 1.38 bits per heavy atom. The Labute approximate surface area is 121 Å². The minimum absolute atomic E-state index is 0.0237. The molecule has 8 heteroatoms. The molecule has 0 radical (unpaired) electrons. The van der Waals surface area contributed by atoms with Crippen molar-refractivity contribution in [3.05, 3.63) is 29.8 Å². The largest absolute Gasteiger partial charge is 0.481 e. The number of hydrogen-bond donors (Lipinski definition) is 1. The monoisotopic (exact) mass is 319 g/mol. The minimum atomic E-state index is -3.08. The lowest BCUT2D eigenvalue weighted by Gasteiger charge is -2.17. The zero-order valence-electron chi connectivity index (χ0n) is 11.3. The summed E-state index contributed by atoms with van der Waals surface area (Å²) in [7, 11) is -3.08. The fourth-order valence-electron chi connectivity index (χ4n) is 2.04. The highest BCUT2D eigenvalue weighted by Gasteiger charge is 2.30. The summed E-state index contributed by atoms with van der Waals surface area (Å²) in [6.07, 6.45) is -0.579. The lowest BCUT2D eigenvalue weighted by atomic mass is 10.2. The maximum absolute atomic E-state index is 13.0. The van der Waals surface area contributed by atoms with Gasteiger partial charge in [0.2, 0.25) is 0 Å². The van der Waals surface area contributed by atoms with E-state index in [-0.39, 0.29) is 17.3 Å². The Bertz CT molecular complexity index is 648. The molecule has 1 aliphatic heterocycles. The maximum Gasteiger partial charge on any atom is 0.261 e. The lowest BCUT2D eigenvalue weighted by Crippen LogP contribution is -2.43. The zero-order chi connectivity index (χ0) is 15.6. The molecule has 1 aromatic rings. The smallest absolute Gasteiger partial charge is 0.261 e. The average molecular weight is 319 g/mol. The molecule has 0 bridgehead atoms. The Morgan fingerprint density at radius 3 is 2.67 bits per heavy atom. The molecule has 1 aromatic carbocycles. The molecule has 1 amide bonds. The van der Waals surface area contributed by atoms with Crippen LogP contribution in [0.5, 0.6) is 5.75 Å². The van der Waals surface area contributed by atoms with Gasteiger partial charge in [0, 0.05) is 12.1 Å². The standard InChI is InChI=1S/C13H15F2NO4S/c1-8(20-10-2-3-11(14)12(15)6-10)13(17)16-9-4-5-21(18,19)7-9/h2-3,6,8-9H,4-5,7H2,1H3,(H,16,17)/t8-,9+/m0/s1. The first-order chi connectivity index (χ1) is 9.77. The summed E-state index contributed by atoms with van der Waals surface area (Å²) in [6, 6.07) is 2.53. The average Bonchev–Trinajstić information content (AvgIpc) is 2.73. The first kappa shape index (κ1) is 15.7. The van der Waals surface area contributed by atoms with E-state index in [0.717, 1.165) is 12.1 Å². The van der Waals surface area contributed by atoms with Gasteiger partial charge in [-0.25, -0.2) is 17.2 Å². The Kier molecular flexibility index (Phi) is 4.46. The van der Waals surface area contributed by atoms with Crippen LogP contribution in [0.15, 0.2) is 18.2 Å². The van der Waals surface area contributed by atoms with Gasteiger partial charge in [0.25, 0.3) is 5.91 Å². The number of nitrogens with one attached hydrogen (secondary N) is 1. The fourth-order valence-corrected chi connectivity index (χ4v) is 3.71. The van der Waals surface area contributed by atoms with Crippen LogP contribution in [-0.2, 0) is 14.6 Å². The number of sulfone groups is 1. The van der Waals surface area contributed by atoms with Gasteiger partial charge in [-0.1, -0.05) is 0 Å². The van der Waals surface area contributed by atoms with Crippen LogP contribution >= 0.6 is 0 Å². The third-order valence-corrected chi connectivity index (χ3v) is 4.92. The number of amides is 1. The zero-order valence-corrected chi connectivity index (χ0v) is 12.1. The summed E-state index contributed by atoms with van der Waals surface area (Å²) in [5.41, 5.74) is 0. The van der Waals surface area contributed by atoms with Crippen molar-refractivity contribution in [1.29, 1.82) is 0 Å². The minimum Gasteiger partial charge on any atom is -0.481 e. The van der Waals surface area contributed by atoms with Gasteiger partial charge in [0.05, 0.1) is 11.5 Å². The van der Waals surface area contributed by atoms with Crippen LogP contribution in [0.1, 0.15) is 13.3 Å². The van der Waals surface area contributed by atoms with Crippen LogP contribution in [0.25, 0.3) is 0 Å². The van der Waals surface area contributed by atoms with E-state index in [2.05, 4.69) is 5.32 Å². The topological polar surface area (TPSA) is 72.5 Å². The molecule has 0 aliphatic carbocycles. The van der Waals surface area contributed by atoms with Gasteiger partial charge in [0.15, 0.2) is 27.6 Å². The van der Waals surface area contributed by atoms with Crippen LogP contribution in [0, 0.1) is 11.6 Å². The van der Waals surface area contributed by atoms with Gasteiger partial charge in [0.1, 0.15) is 5.75 Å². The molecule has 1 aliphatic rings. The maximum atomic E-state index is 13.0. The van der Waals surface area contributed by atoms with Crippen molar-refractivity contribution in [3.8, 4) is 5.75 Å². The summed E-state index contributed by atoms with van der Waals surface area (Å²) in [6.45, 7) is 1.44. The van der Waals surface area contributed by atoms with Crippen LogP contribution in [0.4, 0.5) is 8.78 Å². The molecule has 2 atom stereocenters. The highest BCUT2D eigenvalue weighted by atomic mass is 32.2. The predicted octanol–water partition coefficient (Wildman–Crippen LogP) is 1.04. The molecular weight excluding hydrogens is 304 g/mol. The summed E-state index contributed by atoms with van der Waals surface area (Å²) in [5, 5.41) is 2.57. The summed E-state index contributed by atoms with van der Waals surface area (Å²) in [5.74, 6) is -2.58. The van der Waals surface area contributed by atoms with Gasteiger partial charge < -0.3 is 10.1 Å². The van der Waals surface area contributed by atoms with Crippen molar-refractivity contribution in [2.45, 2.75) is 25.5 Å². The van der Waals surface area contributed by atoms with Crippen molar-refractivity contribution in [3.63, 3.8) is 0 Å². The van der Waals surface area contributed by atoms with Gasteiger partial charge in [-0.15, -0.1) is 0 Å². The van der Waals surface area contributed by atoms with Crippen molar-refractivity contribution in [2.75, 3.05) is 11.5 Å². The van der Waals surface area contributed by atoms with E-state index in [1.54, 1.807) is 0 Å². The Balaban J connectivity index is 1.92. The summed E-state index contributed by atoms with van der Waals surface area (Å²) in [4.78, 5) is 11.9. The van der Waals surface area contributed by atoms with Gasteiger partial charge in [-0.05, 0) is 25.5 Å². The van der Waals surface area contributed by atoms with Gasteiger partial charge in [-0.3, -0.25) is 4.79 Å². The highest BCUT2D eigenvalue weighted by Crippen LogP contribution is 2.17. The van der Waals surface area contributed by atoms with Crippen LogP contribution in [0.3, 0.4) is 0 Å². The second-order valence-corrected chi connectivity index (χ2v) is 7.17. The van der Waals surface area contributed by atoms with E-state index in [4.69, 9.17) is 4.74 Å². The normalized spacial score (nSPS) is 21.8. The molecule has 0 unspecified atom stereocenters. The van der Waals surface area contributed by atoms with Crippen molar-refractivity contribution in [2.24, 2.45) is 0 Å². The number of hydrogen-bond acceptors (Lipinski definition) is 4. The van der Waals surface area contributed by atoms with E-state index in [1.807, 2.05) is 0 Å². The highest BCUT2D eigenvalue weighted by molar-refractivity contribution is 7.91. The van der Waals surface area contributed by atoms with Crippen molar-refractivity contribution < 1.29 is 26.7 Å². The molecule has 0 spiro atoms. The van der Waals surface area contributed by atoms with Crippen molar-refractivity contribution in [1.82, 2.24) is 5.32 Å². The predicted molar refractivity (Wildman–Crippen MR) is 71.6 cm³/mol. The molecule has 0 saturated carbocycles. The van der Waals surface area contributed by atoms with Crippen molar-refractivity contribution >= 4 is 15.7 Å². The SMILES string of the molecule is C[C@H](Oc1ccc(F)c(F)c1)C(=O)N[C@@H]1CCS(=O)(=O)C1. The quantitative estimate of drug-likeness (QED) is 0.900. The summed E-state index contributed by atoms with van der Waals surface area (Å²) < 4.78 is 53.6. The van der Waals surface area contributed by atoms with Crippen LogP contribution in [-0.4, -0.2) is 38.0 Å². The Morgan fingerprint density at radius 2 is 2.10 bits per heavy atom. The number of halogens is 2. The van der Waals surface area contributed by atoms with Gasteiger partial charge in [-0.2, -0.15) is 0 Å². The molecule has 1 heterocycles. The summed E-state index contributed by atoms with van der Waals surface area (Å²) >= 11 is 0. The van der Waals surface area contributed by atoms with Gasteiger partial charge >= 0.3 is 0 Å². The molecular formula is C13H15F2NO4S. The fraction of sp³-hybridized carbons (Fsp3) is 0.462.